The fourth-order valence-electron chi connectivity index (χ4n) is 2.53. The molecule has 0 saturated heterocycles. The molecule has 3 rings (SSSR count). The Bertz CT molecular complexity index is 1140. The van der Waals surface area contributed by atoms with E-state index in [1.807, 2.05) is 0 Å². The van der Waals surface area contributed by atoms with Crippen LogP contribution in [0.25, 0.3) is 10.2 Å². The van der Waals surface area contributed by atoms with Gasteiger partial charge in [-0.25, -0.2) is 4.79 Å². The Labute approximate surface area is 164 Å². The molecule has 0 atom stereocenters. The summed E-state index contributed by atoms with van der Waals surface area (Å²) in [4.78, 5) is 29.1. The highest BCUT2D eigenvalue weighted by Crippen LogP contribution is 2.21. The largest absolute Gasteiger partial charge is 0.462 e. The molecule has 0 bridgehead atoms. The monoisotopic (exact) mass is 398 g/mol. The summed E-state index contributed by atoms with van der Waals surface area (Å²) >= 11 is 7.35. The molecule has 5 nitrogen and oxygen atoms in total. The standard InChI is InChI=1S/C20H15ClN2O3S/c1-3-11-23-16-10-9-13(19(25)26-4-2)12-17(16)27-20(23)22-18(24)14-7-5-6-8-15(14)21/h1,5-10,12H,4,11H2,2H3. The lowest BCUT2D eigenvalue weighted by Crippen LogP contribution is -2.16. The highest BCUT2D eigenvalue weighted by Gasteiger charge is 2.13. The second-order valence-electron chi connectivity index (χ2n) is 5.47. The molecule has 0 aliphatic carbocycles. The van der Waals surface area contributed by atoms with Gasteiger partial charge < -0.3 is 9.30 Å². The average molecular weight is 399 g/mol. The lowest BCUT2D eigenvalue weighted by Gasteiger charge is -2.03. The van der Waals surface area contributed by atoms with E-state index >= 15 is 0 Å². The van der Waals surface area contributed by atoms with Crippen molar-refractivity contribution in [1.29, 1.82) is 0 Å². The highest BCUT2D eigenvalue weighted by molar-refractivity contribution is 7.16. The summed E-state index contributed by atoms with van der Waals surface area (Å²) in [6, 6.07) is 11.9. The fourth-order valence-corrected chi connectivity index (χ4v) is 3.81. The quantitative estimate of drug-likeness (QED) is 0.494. The summed E-state index contributed by atoms with van der Waals surface area (Å²) in [6.07, 6.45) is 5.48. The van der Waals surface area contributed by atoms with E-state index in [1.54, 1.807) is 54.0 Å². The van der Waals surface area contributed by atoms with Crippen LogP contribution in [-0.2, 0) is 11.3 Å². The maximum Gasteiger partial charge on any atom is 0.338 e. The first-order valence-electron chi connectivity index (χ1n) is 8.12. The van der Waals surface area contributed by atoms with Gasteiger partial charge >= 0.3 is 5.97 Å². The van der Waals surface area contributed by atoms with Crippen molar-refractivity contribution in [2.45, 2.75) is 13.5 Å². The Morgan fingerprint density at radius 3 is 2.78 bits per heavy atom. The number of fused-ring (bicyclic) bond motifs is 1. The first-order valence-corrected chi connectivity index (χ1v) is 9.32. The summed E-state index contributed by atoms with van der Waals surface area (Å²) in [7, 11) is 0. The van der Waals surface area contributed by atoms with Crippen molar-refractivity contribution in [3.63, 3.8) is 0 Å². The van der Waals surface area contributed by atoms with Crippen LogP contribution in [0.2, 0.25) is 5.02 Å². The van der Waals surface area contributed by atoms with Gasteiger partial charge in [0.1, 0.15) is 0 Å². The number of benzene rings is 2. The van der Waals surface area contributed by atoms with Crippen molar-refractivity contribution in [3.05, 3.63) is 63.4 Å². The summed E-state index contributed by atoms with van der Waals surface area (Å²) in [5.41, 5.74) is 1.54. The van der Waals surface area contributed by atoms with Crippen LogP contribution in [0, 0.1) is 12.3 Å². The van der Waals surface area contributed by atoms with Gasteiger partial charge in [-0.3, -0.25) is 4.79 Å². The zero-order valence-corrected chi connectivity index (χ0v) is 16.0. The van der Waals surface area contributed by atoms with E-state index in [4.69, 9.17) is 22.8 Å². The average Bonchev–Trinajstić information content (AvgIpc) is 2.99. The lowest BCUT2D eigenvalue weighted by atomic mass is 10.2. The number of esters is 1. The number of carbonyl (C=O) groups excluding carboxylic acids is 2. The summed E-state index contributed by atoms with van der Waals surface area (Å²) in [5, 5.41) is 0.334. The number of halogens is 1. The van der Waals surface area contributed by atoms with Crippen molar-refractivity contribution >= 4 is 45.0 Å². The SMILES string of the molecule is C#CCn1c(=NC(=O)c2ccccc2Cl)sc2cc(C(=O)OCC)ccc21. The van der Waals surface area contributed by atoms with E-state index in [2.05, 4.69) is 10.9 Å². The second kappa shape index (κ2) is 8.21. The normalized spacial score (nSPS) is 11.4. The van der Waals surface area contributed by atoms with Gasteiger partial charge in [0.15, 0.2) is 4.80 Å². The number of carbonyl (C=O) groups is 2. The van der Waals surface area contributed by atoms with Gasteiger partial charge in [0, 0.05) is 0 Å². The van der Waals surface area contributed by atoms with Crippen molar-refractivity contribution < 1.29 is 14.3 Å². The van der Waals surface area contributed by atoms with Gasteiger partial charge in [0.05, 0.1) is 39.5 Å². The molecule has 27 heavy (non-hydrogen) atoms. The molecule has 0 unspecified atom stereocenters. The second-order valence-corrected chi connectivity index (χ2v) is 6.89. The van der Waals surface area contributed by atoms with Crippen LogP contribution < -0.4 is 4.80 Å². The van der Waals surface area contributed by atoms with Crippen LogP contribution >= 0.6 is 22.9 Å². The van der Waals surface area contributed by atoms with Gasteiger partial charge in [-0.1, -0.05) is 41.0 Å². The molecule has 0 aliphatic heterocycles. The molecule has 0 aliphatic rings. The van der Waals surface area contributed by atoms with Gasteiger partial charge in [0.2, 0.25) is 0 Å². The zero-order valence-electron chi connectivity index (χ0n) is 14.4. The Kier molecular flexibility index (Phi) is 5.75. The smallest absolute Gasteiger partial charge is 0.338 e. The van der Waals surface area contributed by atoms with Crippen LogP contribution in [0.4, 0.5) is 0 Å². The molecule has 1 heterocycles. The number of amides is 1. The van der Waals surface area contributed by atoms with E-state index in [1.165, 1.54) is 11.3 Å². The molecule has 0 N–H and O–H groups in total. The molecule has 1 amide bonds. The van der Waals surface area contributed by atoms with Crippen LogP contribution in [0.1, 0.15) is 27.6 Å². The number of thiazole rings is 1. The third-order valence-corrected chi connectivity index (χ3v) is 5.12. The summed E-state index contributed by atoms with van der Waals surface area (Å²) in [6.45, 7) is 2.29. The molecule has 3 aromatic rings. The topological polar surface area (TPSA) is 60.7 Å². The maximum absolute atomic E-state index is 12.5. The minimum atomic E-state index is -0.455. The number of hydrogen-bond donors (Lipinski definition) is 0. The minimum absolute atomic E-state index is 0.243. The van der Waals surface area contributed by atoms with Crippen molar-refractivity contribution in [3.8, 4) is 12.3 Å². The lowest BCUT2D eigenvalue weighted by molar-refractivity contribution is 0.0526. The molecular weight excluding hydrogens is 384 g/mol. The van der Waals surface area contributed by atoms with Crippen LogP contribution in [0.5, 0.6) is 0 Å². The number of aromatic nitrogens is 1. The molecule has 7 heteroatoms. The Morgan fingerprint density at radius 2 is 2.07 bits per heavy atom. The molecule has 0 spiro atoms. The van der Waals surface area contributed by atoms with E-state index in [-0.39, 0.29) is 6.54 Å². The predicted molar refractivity (Wildman–Crippen MR) is 106 cm³/mol. The van der Waals surface area contributed by atoms with Crippen molar-refractivity contribution in [2.24, 2.45) is 4.99 Å². The Hall–Kier alpha value is -2.88. The first-order chi connectivity index (χ1) is 13.0. The number of hydrogen-bond acceptors (Lipinski definition) is 4. The zero-order chi connectivity index (χ0) is 19.4. The number of ether oxygens (including phenoxy) is 1. The third-order valence-electron chi connectivity index (χ3n) is 3.74. The van der Waals surface area contributed by atoms with E-state index in [0.29, 0.717) is 27.6 Å². The molecule has 1 aromatic heterocycles. The van der Waals surface area contributed by atoms with Crippen molar-refractivity contribution in [2.75, 3.05) is 6.61 Å². The number of nitrogens with zero attached hydrogens (tertiary/aromatic N) is 2. The number of terminal acetylenes is 1. The third kappa shape index (κ3) is 3.95. The molecule has 136 valence electrons. The van der Waals surface area contributed by atoms with Crippen LogP contribution in [0.3, 0.4) is 0 Å². The van der Waals surface area contributed by atoms with E-state index in [9.17, 15) is 9.59 Å². The number of rotatable bonds is 4. The summed E-state index contributed by atoms with van der Waals surface area (Å²) in [5.74, 6) is 1.71. The first kappa shape index (κ1) is 18.9. The molecule has 2 aromatic carbocycles. The Balaban J connectivity index is 2.13. The predicted octanol–water partition coefficient (Wildman–Crippen LogP) is 3.91. The minimum Gasteiger partial charge on any atom is -0.462 e. The van der Waals surface area contributed by atoms with E-state index < -0.39 is 11.9 Å². The molecule has 0 radical (unpaired) electrons. The fraction of sp³-hybridized carbons (Fsp3) is 0.150. The van der Waals surface area contributed by atoms with Gasteiger partial charge in [-0.2, -0.15) is 4.99 Å². The van der Waals surface area contributed by atoms with Crippen LogP contribution in [-0.4, -0.2) is 23.1 Å². The Morgan fingerprint density at radius 1 is 1.30 bits per heavy atom. The molecular formula is C20H15ClN2O3S. The molecule has 0 saturated carbocycles. The van der Waals surface area contributed by atoms with Gasteiger partial charge in [0.25, 0.3) is 5.91 Å². The van der Waals surface area contributed by atoms with Crippen molar-refractivity contribution in [1.82, 2.24) is 4.57 Å². The summed E-state index contributed by atoms with van der Waals surface area (Å²) < 4.78 is 7.56. The van der Waals surface area contributed by atoms with Gasteiger partial charge in [-0.15, -0.1) is 6.42 Å². The maximum atomic E-state index is 12.5. The van der Waals surface area contributed by atoms with E-state index in [0.717, 1.165) is 10.2 Å². The van der Waals surface area contributed by atoms with Gasteiger partial charge in [-0.05, 0) is 37.3 Å². The molecule has 0 fully saturated rings. The highest BCUT2D eigenvalue weighted by atomic mass is 35.5. The van der Waals surface area contributed by atoms with Crippen LogP contribution in [0.15, 0.2) is 47.5 Å².